The second-order valence-electron chi connectivity index (χ2n) is 8.93. The first kappa shape index (κ1) is 22.9. The Balaban J connectivity index is 1.53. The number of hydrogen-bond donors (Lipinski definition) is 0. The van der Waals surface area contributed by atoms with Gasteiger partial charge in [-0.3, -0.25) is 0 Å². The molecule has 0 saturated carbocycles. The summed E-state index contributed by atoms with van der Waals surface area (Å²) >= 11 is 9.90. The normalized spacial score (nSPS) is 15.4. The summed E-state index contributed by atoms with van der Waals surface area (Å²) in [6, 6.07) is 32.8. The minimum absolute atomic E-state index is 0.0161. The Morgan fingerprint density at radius 3 is 2.33 bits per heavy atom. The second kappa shape index (κ2) is 9.49. The number of aryl methyl sites for hydroxylation is 1. The Kier molecular flexibility index (Phi) is 6.04. The lowest BCUT2D eigenvalue weighted by atomic mass is 9.98. The van der Waals surface area contributed by atoms with Crippen LogP contribution in [0.5, 0.6) is 0 Å². The molecule has 1 atom stereocenters. The van der Waals surface area contributed by atoms with Crippen LogP contribution in [0, 0.1) is 6.92 Å². The Hall–Kier alpha value is -3.54. The summed E-state index contributed by atoms with van der Waals surface area (Å²) in [6.07, 6.45) is 0.757. The first-order chi connectivity index (χ1) is 17.5. The first-order valence-electron chi connectivity index (χ1n) is 11.8. The molecule has 0 saturated heterocycles. The average molecular weight is 554 g/mol. The van der Waals surface area contributed by atoms with Gasteiger partial charge < -0.3 is 0 Å². The molecule has 4 aromatic carbocycles. The van der Waals surface area contributed by atoms with E-state index in [1.165, 1.54) is 11.1 Å². The van der Waals surface area contributed by atoms with Crippen LogP contribution in [-0.2, 0) is 0 Å². The molecule has 0 bridgehead atoms. The average Bonchev–Trinajstić information content (AvgIpc) is 3.35. The van der Waals surface area contributed by atoms with Crippen molar-refractivity contribution in [3.05, 3.63) is 123 Å². The molecule has 0 spiro atoms. The summed E-state index contributed by atoms with van der Waals surface area (Å²) in [5.41, 5.74) is 7.19. The van der Waals surface area contributed by atoms with E-state index in [-0.39, 0.29) is 6.04 Å². The molecule has 0 unspecified atom stereocenters. The van der Waals surface area contributed by atoms with Crippen molar-refractivity contribution in [1.82, 2.24) is 9.97 Å². The third-order valence-electron chi connectivity index (χ3n) is 6.45. The maximum atomic E-state index is 6.37. The molecule has 5 aromatic rings. The quantitative estimate of drug-likeness (QED) is 0.224. The Morgan fingerprint density at radius 1 is 0.833 bits per heavy atom. The van der Waals surface area contributed by atoms with Gasteiger partial charge in [-0.15, -0.1) is 0 Å². The number of rotatable bonds is 4. The van der Waals surface area contributed by atoms with E-state index >= 15 is 0 Å². The Bertz CT molecular complexity index is 1580. The maximum Gasteiger partial charge on any atom is 0.247 e. The number of anilines is 1. The van der Waals surface area contributed by atoms with E-state index in [4.69, 9.17) is 26.7 Å². The predicted molar refractivity (Wildman–Crippen MR) is 152 cm³/mol. The van der Waals surface area contributed by atoms with Crippen LogP contribution in [0.25, 0.3) is 22.2 Å². The molecule has 1 aliphatic rings. The van der Waals surface area contributed by atoms with Crippen molar-refractivity contribution in [1.29, 1.82) is 0 Å². The van der Waals surface area contributed by atoms with Crippen LogP contribution in [0.2, 0.25) is 5.02 Å². The monoisotopic (exact) mass is 552 g/mol. The van der Waals surface area contributed by atoms with E-state index in [1.807, 2.05) is 53.5 Å². The van der Waals surface area contributed by atoms with Gasteiger partial charge >= 0.3 is 0 Å². The number of aromatic nitrogens is 2. The number of halogens is 2. The van der Waals surface area contributed by atoms with E-state index in [0.29, 0.717) is 11.0 Å². The van der Waals surface area contributed by atoms with Crippen LogP contribution in [0.3, 0.4) is 0 Å². The minimum atomic E-state index is -0.0161. The van der Waals surface area contributed by atoms with Gasteiger partial charge in [0.1, 0.15) is 0 Å². The van der Waals surface area contributed by atoms with Gasteiger partial charge in [-0.25, -0.2) is 15.0 Å². The summed E-state index contributed by atoms with van der Waals surface area (Å²) in [7, 11) is 0. The summed E-state index contributed by atoms with van der Waals surface area (Å²) < 4.78 is 1.04. The van der Waals surface area contributed by atoms with Gasteiger partial charge in [0.15, 0.2) is 0 Å². The molecule has 0 fully saturated rings. The van der Waals surface area contributed by atoms with Gasteiger partial charge in [-0.1, -0.05) is 99.8 Å². The fourth-order valence-corrected chi connectivity index (χ4v) is 5.00. The first-order valence-corrected chi connectivity index (χ1v) is 12.9. The van der Waals surface area contributed by atoms with Gasteiger partial charge in [0.2, 0.25) is 5.95 Å². The van der Waals surface area contributed by atoms with Gasteiger partial charge in [0.25, 0.3) is 0 Å². The van der Waals surface area contributed by atoms with Gasteiger partial charge in [0.05, 0.1) is 23.0 Å². The fourth-order valence-electron chi connectivity index (χ4n) is 4.57. The summed E-state index contributed by atoms with van der Waals surface area (Å²) in [5, 5.41) is 8.63. The van der Waals surface area contributed by atoms with Gasteiger partial charge in [-0.05, 0) is 48.4 Å². The van der Waals surface area contributed by atoms with E-state index in [0.717, 1.165) is 44.3 Å². The van der Waals surface area contributed by atoms with Crippen molar-refractivity contribution >= 4 is 50.1 Å². The molecule has 176 valence electrons. The molecule has 1 aliphatic heterocycles. The number of nitrogens with zero attached hydrogens (tertiary/aromatic N) is 4. The van der Waals surface area contributed by atoms with Crippen LogP contribution >= 0.6 is 27.5 Å². The van der Waals surface area contributed by atoms with Crippen LogP contribution in [0.4, 0.5) is 5.95 Å². The molecule has 6 heteroatoms. The largest absolute Gasteiger partial charge is 0.247 e. The van der Waals surface area contributed by atoms with Crippen molar-refractivity contribution in [2.75, 3.05) is 5.01 Å². The highest BCUT2D eigenvalue weighted by Gasteiger charge is 2.32. The zero-order valence-corrected chi connectivity index (χ0v) is 21.9. The lowest BCUT2D eigenvalue weighted by Crippen LogP contribution is -2.21. The lowest BCUT2D eigenvalue weighted by molar-refractivity contribution is 0.689. The van der Waals surface area contributed by atoms with Crippen LogP contribution < -0.4 is 5.01 Å². The summed E-state index contributed by atoms with van der Waals surface area (Å²) in [6.45, 7) is 2.10. The van der Waals surface area contributed by atoms with Crippen LogP contribution in [0.15, 0.2) is 107 Å². The van der Waals surface area contributed by atoms with E-state index in [2.05, 4.69) is 71.4 Å². The van der Waals surface area contributed by atoms with E-state index in [1.54, 1.807) is 0 Å². The van der Waals surface area contributed by atoms with Crippen LogP contribution in [-0.4, -0.2) is 15.7 Å². The molecule has 6 rings (SSSR count). The zero-order valence-electron chi connectivity index (χ0n) is 19.6. The van der Waals surface area contributed by atoms with Gasteiger partial charge in [0, 0.05) is 26.9 Å². The van der Waals surface area contributed by atoms with Crippen LogP contribution in [0.1, 0.15) is 29.2 Å². The highest BCUT2D eigenvalue weighted by molar-refractivity contribution is 9.10. The standard InChI is InChI=1S/C30H22BrClN4/c1-19-7-9-21(10-8-19)28-18-27(20-11-13-23(31)14-12-20)35-36(28)30-33-26-16-15-24(32)17-25(26)29(34-30)22-5-3-2-4-6-22/h2-17,28H,18H2,1H3/t28-/m0/s1. The van der Waals surface area contributed by atoms with E-state index in [9.17, 15) is 0 Å². The Morgan fingerprint density at radius 2 is 1.58 bits per heavy atom. The topological polar surface area (TPSA) is 41.4 Å². The minimum Gasteiger partial charge on any atom is -0.223 e. The summed E-state index contributed by atoms with van der Waals surface area (Å²) in [5.74, 6) is 0.571. The molecule has 0 N–H and O–H groups in total. The van der Waals surface area contributed by atoms with E-state index < -0.39 is 0 Å². The maximum absolute atomic E-state index is 6.37. The Labute approximate surface area is 223 Å². The summed E-state index contributed by atoms with van der Waals surface area (Å²) in [4.78, 5) is 10.0. The third-order valence-corrected chi connectivity index (χ3v) is 7.21. The highest BCUT2D eigenvalue weighted by atomic mass is 79.9. The van der Waals surface area contributed by atoms with Crippen molar-refractivity contribution in [2.24, 2.45) is 5.10 Å². The number of benzene rings is 4. The van der Waals surface area contributed by atoms with Crippen molar-refractivity contribution in [3.63, 3.8) is 0 Å². The molecule has 0 aliphatic carbocycles. The molecule has 2 heterocycles. The second-order valence-corrected chi connectivity index (χ2v) is 10.3. The molecule has 0 radical (unpaired) electrons. The molecule has 4 nitrogen and oxygen atoms in total. The SMILES string of the molecule is Cc1ccc([C@@H]2CC(c3ccc(Br)cc3)=NN2c2nc(-c3ccccc3)c3cc(Cl)ccc3n2)cc1. The highest BCUT2D eigenvalue weighted by Crippen LogP contribution is 2.38. The molecular weight excluding hydrogens is 532 g/mol. The lowest BCUT2D eigenvalue weighted by Gasteiger charge is -2.23. The zero-order chi connectivity index (χ0) is 24.6. The fraction of sp³-hybridized carbons (Fsp3) is 0.100. The van der Waals surface area contributed by atoms with Crippen molar-refractivity contribution in [2.45, 2.75) is 19.4 Å². The molecular formula is C30H22BrClN4. The predicted octanol–water partition coefficient (Wildman–Crippen LogP) is 8.38. The number of hydrogen-bond acceptors (Lipinski definition) is 4. The smallest absolute Gasteiger partial charge is 0.223 e. The third kappa shape index (κ3) is 4.41. The number of hydrazone groups is 1. The number of fused-ring (bicyclic) bond motifs is 1. The molecule has 1 aromatic heterocycles. The molecule has 36 heavy (non-hydrogen) atoms. The molecule has 0 amide bonds. The van der Waals surface area contributed by atoms with Crippen molar-refractivity contribution < 1.29 is 0 Å². The van der Waals surface area contributed by atoms with Crippen molar-refractivity contribution in [3.8, 4) is 11.3 Å². The van der Waals surface area contributed by atoms with Gasteiger partial charge in [-0.2, -0.15) is 5.10 Å².